The highest BCUT2D eigenvalue weighted by Gasteiger charge is 2.18. The Kier molecular flexibility index (Phi) is 3.58. The van der Waals surface area contributed by atoms with Crippen molar-refractivity contribution in [3.8, 4) is 5.75 Å². The molecule has 0 aliphatic heterocycles. The van der Waals surface area contributed by atoms with E-state index < -0.39 is 11.9 Å². The molecule has 1 unspecified atom stereocenters. The smallest absolute Gasteiger partial charge is 0.310 e. The summed E-state index contributed by atoms with van der Waals surface area (Å²) in [7, 11) is 1.54. The summed E-state index contributed by atoms with van der Waals surface area (Å²) in [6, 6.07) is 3.34. The Morgan fingerprint density at radius 1 is 1.53 bits per heavy atom. The van der Waals surface area contributed by atoms with E-state index in [1.165, 1.54) is 7.11 Å². The summed E-state index contributed by atoms with van der Waals surface area (Å²) in [4.78, 5) is 10.9. The van der Waals surface area contributed by atoms with Crippen LogP contribution in [-0.4, -0.2) is 18.2 Å². The fourth-order valence-electron chi connectivity index (χ4n) is 1.47. The fraction of sp³-hybridized carbons (Fsp3) is 0.364. The number of rotatable bonds is 3. The second-order valence-corrected chi connectivity index (χ2v) is 3.82. The zero-order valence-corrected chi connectivity index (χ0v) is 9.63. The van der Waals surface area contributed by atoms with Crippen LogP contribution in [0.4, 0.5) is 0 Å². The van der Waals surface area contributed by atoms with Gasteiger partial charge in [0.1, 0.15) is 5.75 Å². The number of methoxy groups -OCH3 is 1. The lowest BCUT2D eigenvalue weighted by Crippen LogP contribution is -2.09. The molecule has 4 heteroatoms. The van der Waals surface area contributed by atoms with Gasteiger partial charge in [0, 0.05) is 5.02 Å². The number of hydrogen-bond donors (Lipinski definition) is 1. The minimum absolute atomic E-state index is 0.487. The molecular weight excluding hydrogens is 216 g/mol. The number of hydrogen-bond acceptors (Lipinski definition) is 2. The lowest BCUT2D eigenvalue weighted by molar-refractivity contribution is -0.138. The van der Waals surface area contributed by atoms with E-state index in [-0.39, 0.29) is 0 Å². The van der Waals surface area contributed by atoms with E-state index >= 15 is 0 Å². The maximum absolute atomic E-state index is 10.9. The first kappa shape index (κ1) is 11.9. The van der Waals surface area contributed by atoms with Gasteiger partial charge in [-0.2, -0.15) is 0 Å². The molecule has 0 spiro atoms. The van der Waals surface area contributed by atoms with E-state index in [4.69, 9.17) is 21.4 Å². The van der Waals surface area contributed by atoms with Gasteiger partial charge in [-0.15, -0.1) is 0 Å². The van der Waals surface area contributed by atoms with Gasteiger partial charge in [0.15, 0.2) is 0 Å². The highest BCUT2D eigenvalue weighted by atomic mass is 35.5. The Morgan fingerprint density at radius 3 is 2.60 bits per heavy atom. The summed E-state index contributed by atoms with van der Waals surface area (Å²) in [5.74, 6) is -0.842. The third kappa shape index (κ3) is 2.42. The summed E-state index contributed by atoms with van der Waals surface area (Å²) < 4.78 is 5.12. The molecule has 1 rings (SSSR count). The summed E-state index contributed by atoms with van der Waals surface area (Å²) in [5.41, 5.74) is 1.50. The summed E-state index contributed by atoms with van der Waals surface area (Å²) in [6.07, 6.45) is 0. The van der Waals surface area contributed by atoms with Crippen molar-refractivity contribution in [1.82, 2.24) is 0 Å². The largest absolute Gasteiger partial charge is 0.496 e. The molecule has 0 amide bonds. The molecule has 0 aliphatic rings. The van der Waals surface area contributed by atoms with E-state index in [9.17, 15) is 4.79 Å². The highest BCUT2D eigenvalue weighted by molar-refractivity contribution is 6.30. The number of halogens is 1. The number of aliphatic carboxylic acids is 1. The molecule has 0 aliphatic carbocycles. The molecule has 15 heavy (non-hydrogen) atoms. The molecule has 0 bridgehead atoms. The molecule has 0 aromatic heterocycles. The molecule has 3 nitrogen and oxygen atoms in total. The molecule has 0 saturated heterocycles. The number of ether oxygens (including phenoxy) is 1. The van der Waals surface area contributed by atoms with Crippen LogP contribution >= 0.6 is 11.6 Å². The zero-order valence-electron chi connectivity index (χ0n) is 8.87. The Morgan fingerprint density at radius 2 is 2.13 bits per heavy atom. The van der Waals surface area contributed by atoms with Gasteiger partial charge in [-0.05, 0) is 37.1 Å². The standard InChI is InChI=1S/C11H13ClO3/c1-6-9(7(2)11(13)14)4-8(12)5-10(6)15-3/h4-5,7H,1-3H3,(H,13,14). The van der Waals surface area contributed by atoms with Crippen LogP contribution in [0.5, 0.6) is 5.75 Å². The lowest BCUT2D eigenvalue weighted by Gasteiger charge is -2.14. The van der Waals surface area contributed by atoms with Crippen LogP contribution < -0.4 is 4.74 Å². The van der Waals surface area contributed by atoms with Crippen LogP contribution in [0.3, 0.4) is 0 Å². The summed E-state index contributed by atoms with van der Waals surface area (Å²) in [5, 5.41) is 9.42. The highest BCUT2D eigenvalue weighted by Crippen LogP contribution is 2.31. The van der Waals surface area contributed by atoms with Crippen molar-refractivity contribution in [2.75, 3.05) is 7.11 Å². The van der Waals surface area contributed by atoms with Crippen molar-refractivity contribution >= 4 is 17.6 Å². The lowest BCUT2D eigenvalue weighted by atomic mass is 9.96. The number of carbonyl (C=O) groups is 1. The molecule has 1 aromatic rings. The van der Waals surface area contributed by atoms with Crippen LogP contribution in [0, 0.1) is 6.92 Å². The first-order valence-corrected chi connectivity index (χ1v) is 4.92. The Hall–Kier alpha value is -1.22. The molecule has 1 N–H and O–H groups in total. The quantitative estimate of drug-likeness (QED) is 0.865. The van der Waals surface area contributed by atoms with Gasteiger partial charge in [-0.3, -0.25) is 4.79 Å². The second-order valence-electron chi connectivity index (χ2n) is 3.38. The molecule has 0 fully saturated rings. The van der Waals surface area contributed by atoms with Gasteiger partial charge in [-0.1, -0.05) is 11.6 Å². The molecular formula is C11H13ClO3. The molecule has 0 saturated carbocycles. The van der Waals surface area contributed by atoms with E-state index in [0.29, 0.717) is 16.3 Å². The van der Waals surface area contributed by atoms with Gasteiger partial charge in [0.25, 0.3) is 0 Å². The zero-order chi connectivity index (χ0) is 11.6. The van der Waals surface area contributed by atoms with Crippen molar-refractivity contribution in [3.63, 3.8) is 0 Å². The maximum atomic E-state index is 10.9. The van der Waals surface area contributed by atoms with Crippen LogP contribution in [0.25, 0.3) is 0 Å². The van der Waals surface area contributed by atoms with Gasteiger partial charge in [0.2, 0.25) is 0 Å². The SMILES string of the molecule is COc1cc(Cl)cc(C(C)C(=O)O)c1C. The monoisotopic (exact) mass is 228 g/mol. The van der Waals surface area contributed by atoms with Crippen molar-refractivity contribution in [2.45, 2.75) is 19.8 Å². The Balaban J connectivity index is 3.28. The van der Waals surface area contributed by atoms with E-state index in [1.807, 2.05) is 6.92 Å². The van der Waals surface area contributed by atoms with Crippen LogP contribution in [0.1, 0.15) is 24.0 Å². The maximum Gasteiger partial charge on any atom is 0.310 e. The predicted molar refractivity (Wildman–Crippen MR) is 58.8 cm³/mol. The van der Waals surface area contributed by atoms with Crippen LogP contribution in [0.15, 0.2) is 12.1 Å². The number of benzene rings is 1. The predicted octanol–water partition coefficient (Wildman–Crippen LogP) is 2.85. The van der Waals surface area contributed by atoms with E-state index in [1.54, 1.807) is 19.1 Å². The van der Waals surface area contributed by atoms with E-state index in [0.717, 1.165) is 5.56 Å². The first-order valence-electron chi connectivity index (χ1n) is 4.54. The first-order chi connectivity index (χ1) is 6.97. The Bertz CT molecular complexity index is 388. The van der Waals surface area contributed by atoms with Crippen molar-refractivity contribution in [3.05, 3.63) is 28.3 Å². The van der Waals surface area contributed by atoms with Gasteiger partial charge in [-0.25, -0.2) is 0 Å². The average molecular weight is 229 g/mol. The van der Waals surface area contributed by atoms with Crippen LogP contribution in [-0.2, 0) is 4.79 Å². The average Bonchev–Trinajstić information content (AvgIpc) is 2.19. The van der Waals surface area contributed by atoms with Crippen molar-refractivity contribution in [1.29, 1.82) is 0 Å². The molecule has 1 aromatic carbocycles. The normalized spacial score (nSPS) is 12.3. The van der Waals surface area contributed by atoms with Gasteiger partial charge < -0.3 is 9.84 Å². The second kappa shape index (κ2) is 4.53. The summed E-state index contributed by atoms with van der Waals surface area (Å²) in [6.45, 7) is 3.45. The number of carboxylic acid groups (broad SMARTS) is 1. The Labute approximate surface area is 93.6 Å². The third-order valence-electron chi connectivity index (χ3n) is 2.42. The third-order valence-corrected chi connectivity index (χ3v) is 2.64. The summed E-state index contributed by atoms with van der Waals surface area (Å²) >= 11 is 5.88. The molecule has 0 heterocycles. The van der Waals surface area contributed by atoms with Gasteiger partial charge >= 0.3 is 5.97 Å². The van der Waals surface area contributed by atoms with Crippen molar-refractivity contribution < 1.29 is 14.6 Å². The topological polar surface area (TPSA) is 46.5 Å². The fourth-order valence-corrected chi connectivity index (χ4v) is 1.69. The molecule has 1 atom stereocenters. The minimum Gasteiger partial charge on any atom is -0.496 e. The molecule has 0 radical (unpaired) electrons. The van der Waals surface area contributed by atoms with E-state index in [2.05, 4.69) is 0 Å². The molecule has 82 valence electrons. The number of carboxylic acids is 1. The minimum atomic E-state index is -0.873. The van der Waals surface area contributed by atoms with Gasteiger partial charge in [0.05, 0.1) is 13.0 Å². The van der Waals surface area contributed by atoms with Crippen LogP contribution in [0.2, 0.25) is 5.02 Å². The van der Waals surface area contributed by atoms with Crippen molar-refractivity contribution in [2.24, 2.45) is 0 Å².